The molecule has 0 bridgehead atoms. The third-order valence-corrected chi connectivity index (χ3v) is 4.30. The van der Waals surface area contributed by atoms with E-state index in [4.69, 9.17) is 0 Å². The number of hydrogen-bond donors (Lipinski definition) is 1. The van der Waals surface area contributed by atoms with E-state index in [0.717, 1.165) is 28.4 Å². The van der Waals surface area contributed by atoms with E-state index in [2.05, 4.69) is 21.4 Å². The van der Waals surface area contributed by atoms with Gasteiger partial charge < -0.3 is 14.6 Å². The molecular weight excluding hydrogens is 281 g/mol. The molecule has 0 aliphatic rings. The van der Waals surface area contributed by atoms with Crippen molar-refractivity contribution >= 4 is 21.8 Å². The van der Waals surface area contributed by atoms with Gasteiger partial charge in [0, 0.05) is 35.5 Å². The van der Waals surface area contributed by atoms with Crippen LogP contribution < -0.4 is 0 Å². The summed E-state index contributed by atoms with van der Waals surface area (Å²) in [6.07, 6.45) is 0. The maximum atomic E-state index is 13.7. The summed E-state index contributed by atoms with van der Waals surface area (Å²) in [5.41, 5.74) is 2.49. The molecular formula is C17H20FN3O. The van der Waals surface area contributed by atoms with Gasteiger partial charge in [-0.2, -0.15) is 4.39 Å². The van der Waals surface area contributed by atoms with Gasteiger partial charge in [-0.3, -0.25) is 0 Å². The maximum Gasteiger partial charge on any atom is 0.213 e. The van der Waals surface area contributed by atoms with Crippen LogP contribution in [0.25, 0.3) is 21.8 Å². The number of halogens is 1. The minimum atomic E-state index is -0.474. The molecule has 0 aliphatic carbocycles. The molecule has 1 unspecified atom stereocenters. The van der Waals surface area contributed by atoms with E-state index in [9.17, 15) is 9.50 Å². The Labute approximate surface area is 128 Å². The highest BCUT2D eigenvalue weighted by atomic mass is 19.1. The van der Waals surface area contributed by atoms with Crippen LogP contribution in [-0.4, -0.2) is 39.7 Å². The Kier molecular flexibility index (Phi) is 3.53. The van der Waals surface area contributed by atoms with Gasteiger partial charge in [-0.1, -0.05) is 0 Å². The Morgan fingerprint density at radius 3 is 2.68 bits per heavy atom. The van der Waals surface area contributed by atoms with E-state index >= 15 is 0 Å². The molecule has 1 aromatic carbocycles. The second-order valence-electron chi connectivity index (χ2n) is 6.05. The molecule has 0 saturated heterocycles. The van der Waals surface area contributed by atoms with Crippen LogP contribution >= 0.6 is 0 Å². The van der Waals surface area contributed by atoms with Gasteiger partial charge in [0.2, 0.25) is 5.95 Å². The van der Waals surface area contributed by atoms with Crippen molar-refractivity contribution in [3.8, 4) is 5.75 Å². The second kappa shape index (κ2) is 5.25. The van der Waals surface area contributed by atoms with Crippen molar-refractivity contribution in [1.82, 2.24) is 14.5 Å². The number of aromatic nitrogens is 2. The fourth-order valence-corrected chi connectivity index (χ4v) is 2.88. The summed E-state index contributed by atoms with van der Waals surface area (Å²) >= 11 is 0. The van der Waals surface area contributed by atoms with Crippen LogP contribution in [0.2, 0.25) is 0 Å². The Hall–Kier alpha value is -2.14. The summed E-state index contributed by atoms with van der Waals surface area (Å²) in [5, 5.41) is 11.6. The number of phenols is 1. The Morgan fingerprint density at radius 1 is 1.27 bits per heavy atom. The number of likely N-dealkylation sites (N-methyl/N-ethyl adjacent to an activating group) is 1. The van der Waals surface area contributed by atoms with E-state index in [1.165, 1.54) is 6.07 Å². The molecule has 4 nitrogen and oxygen atoms in total. The van der Waals surface area contributed by atoms with Gasteiger partial charge in [0.15, 0.2) is 0 Å². The lowest BCUT2D eigenvalue weighted by atomic mass is 10.1. The third-order valence-electron chi connectivity index (χ3n) is 4.30. The van der Waals surface area contributed by atoms with Crippen LogP contribution in [0.3, 0.4) is 0 Å². The standard InChI is InChI=1S/C17H20FN3O/c1-10(20(3)4)9-21-15-7-12(22)5-6-13(15)14-8-16(18)19-11(2)17(14)21/h5-8,10,22H,9H2,1-4H3. The first-order valence-corrected chi connectivity index (χ1v) is 7.33. The maximum absolute atomic E-state index is 13.7. The van der Waals surface area contributed by atoms with Crippen LogP contribution in [0, 0.1) is 12.9 Å². The van der Waals surface area contributed by atoms with Gasteiger partial charge in [0.05, 0.1) is 16.7 Å². The SMILES string of the molecule is Cc1nc(F)cc2c3ccc(O)cc3n(CC(C)N(C)C)c12. The molecule has 0 saturated carbocycles. The van der Waals surface area contributed by atoms with Crippen molar-refractivity contribution in [2.75, 3.05) is 14.1 Å². The molecule has 5 heteroatoms. The Morgan fingerprint density at radius 2 is 2.00 bits per heavy atom. The van der Waals surface area contributed by atoms with Crippen molar-refractivity contribution in [2.24, 2.45) is 0 Å². The number of rotatable bonds is 3. The van der Waals surface area contributed by atoms with Gasteiger partial charge in [0.25, 0.3) is 0 Å². The molecule has 2 aromatic heterocycles. The van der Waals surface area contributed by atoms with E-state index in [1.54, 1.807) is 12.1 Å². The normalized spacial score (nSPS) is 13.4. The predicted octanol–water partition coefficient (Wildman–Crippen LogP) is 3.29. The molecule has 0 aliphatic heterocycles. The number of fused-ring (bicyclic) bond motifs is 3. The van der Waals surface area contributed by atoms with E-state index in [-0.39, 0.29) is 5.75 Å². The van der Waals surface area contributed by atoms with Crippen LogP contribution in [0.1, 0.15) is 12.6 Å². The number of aromatic hydroxyl groups is 1. The zero-order valence-electron chi connectivity index (χ0n) is 13.3. The fraction of sp³-hybridized carbons (Fsp3) is 0.353. The molecule has 1 N–H and O–H groups in total. The van der Waals surface area contributed by atoms with Crippen LogP contribution in [0.4, 0.5) is 4.39 Å². The van der Waals surface area contributed by atoms with Gasteiger partial charge in [0.1, 0.15) is 5.75 Å². The van der Waals surface area contributed by atoms with Gasteiger partial charge >= 0.3 is 0 Å². The average Bonchev–Trinajstić information content (AvgIpc) is 2.72. The minimum absolute atomic E-state index is 0.208. The topological polar surface area (TPSA) is 41.3 Å². The van der Waals surface area contributed by atoms with E-state index < -0.39 is 5.95 Å². The summed E-state index contributed by atoms with van der Waals surface area (Å²) in [5.74, 6) is -0.266. The Bertz CT molecular complexity index is 854. The van der Waals surface area contributed by atoms with Crippen molar-refractivity contribution in [2.45, 2.75) is 26.4 Å². The van der Waals surface area contributed by atoms with Gasteiger partial charge in [-0.05, 0) is 40.1 Å². The first kappa shape index (κ1) is 14.8. The highest BCUT2D eigenvalue weighted by Crippen LogP contribution is 2.33. The zero-order chi connectivity index (χ0) is 16.0. The average molecular weight is 301 g/mol. The molecule has 116 valence electrons. The number of hydrogen-bond acceptors (Lipinski definition) is 3. The lowest BCUT2D eigenvalue weighted by Crippen LogP contribution is -2.29. The molecule has 0 fully saturated rings. The fourth-order valence-electron chi connectivity index (χ4n) is 2.88. The van der Waals surface area contributed by atoms with Crippen molar-refractivity contribution in [1.29, 1.82) is 0 Å². The Balaban J connectivity index is 2.37. The quantitative estimate of drug-likeness (QED) is 0.755. The second-order valence-corrected chi connectivity index (χ2v) is 6.05. The molecule has 22 heavy (non-hydrogen) atoms. The summed E-state index contributed by atoms with van der Waals surface area (Å²) in [4.78, 5) is 6.10. The first-order valence-electron chi connectivity index (χ1n) is 7.33. The van der Waals surface area contributed by atoms with Crippen LogP contribution in [-0.2, 0) is 6.54 Å². The third kappa shape index (κ3) is 2.31. The summed E-state index contributed by atoms with van der Waals surface area (Å²) in [6, 6.07) is 6.97. The smallest absolute Gasteiger partial charge is 0.213 e. The lowest BCUT2D eigenvalue weighted by molar-refractivity contribution is 0.288. The monoisotopic (exact) mass is 301 g/mol. The number of benzene rings is 1. The first-order chi connectivity index (χ1) is 10.4. The number of nitrogens with zero attached hydrogens (tertiary/aromatic N) is 3. The van der Waals surface area contributed by atoms with Crippen molar-refractivity contribution in [3.63, 3.8) is 0 Å². The molecule has 2 heterocycles. The molecule has 0 spiro atoms. The van der Waals surface area contributed by atoms with Gasteiger partial charge in [-0.25, -0.2) is 4.98 Å². The predicted molar refractivity (Wildman–Crippen MR) is 86.7 cm³/mol. The molecule has 3 rings (SSSR count). The van der Waals surface area contributed by atoms with Gasteiger partial charge in [-0.15, -0.1) is 0 Å². The number of phenolic OH excluding ortho intramolecular Hbond substituents is 1. The van der Waals surface area contributed by atoms with E-state index in [1.807, 2.05) is 27.1 Å². The number of pyridine rings is 1. The van der Waals surface area contributed by atoms with E-state index in [0.29, 0.717) is 11.7 Å². The summed E-state index contributed by atoms with van der Waals surface area (Å²) < 4.78 is 15.8. The molecule has 3 aromatic rings. The highest BCUT2D eigenvalue weighted by Gasteiger charge is 2.17. The van der Waals surface area contributed by atoms with Crippen molar-refractivity contribution < 1.29 is 9.50 Å². The molecule has 1 atom stereocenters. The highest BCUT2D eigenvalue weighted by molar-refractivity contribution is 6.09. The van der Waals surface area contributed by atoms with Crippen molar-refractivity contribution in [3.05, 3.63) is 35.9 Å². The largest absolute Gasteiger partial charge is 0.508 e. The van der Waals surface area contributed by atoms with Crippen LogP contribution in [0.5, 0.6) is 5.75 Å². The number of aryl methyl sites for hydroxylation is 1. The zero-order valence-corrected chi connectivity index (χ0v) is 13.3. The lowest BCUT2D eigenvalue weighted by Gasteiger charge is -2.21. The molecule has 0 amide bonds. The van der Waals surface area contributed by atoms with Crippen LogP contribution in [0.15, 0.2) is 24.3 Å². The minimum Gasteiger partial charge on any atom is -0.508 e. The molecule has 0 radical (unpaired) electrons. The summed E-state index contributed by atoms with van der Waals surface area (Å²) in [7, 11) is 4.06. The summed E-state index contributed by atoms with van der Waals surface area (Å²) in [6.45, 7) is 4.69.